The maximum atomic E-state index is 12.6. The van der Waals surface area contributed by atoms with Gasteiger partial charge in [-0.15, -0.1) is 10.2 Å². The van der Waals surface area contributed by atoms with Crippen molar-refractivity contribution in [2.75, 3.05) is 31.1 Å². The van der Waals surface area contributed by atoms with Crippen molar-refractivity contribution in [2.24, 2.45) is 0 Å². The first-order chi connectivity index (χ1) is 14.1. The Balaban J connectivity index is 1.38. The van der Waals surface area contributed by atoms with Gasteiger partial charge in [-0.25, -0.2) is 8.42 Å². The van der Waals surface area contributed by atoms with Crippen LogP contribution in [0.3, 0.4) is 0 Å². The minimum atomic E-state index is -3.45. The zero-order chi connectivity index (χ0) is 20.1. The van der Waals surface area contributed by atoms with Gasteiger partial charge in [0.2, 0.25) is 10.0 Å². The highest BCUT2D eigenvalue weighted by Gasteiger charge is 2.25. The van der Waals surface area contributed by atoms with Crippen LogP contribution in [0.5, 0.6) is 0 Å². The second-order valence-electron chi connectivity index (χ2n) is 6.66. The molecule has 7 nitrogen and oxygen atoms in total. The van der Waals surface area contributed by atoms with Gasteiger partial charge in [0.1, 0.15) is 0 Å². The van der Waals surface area contributed by atoms with Gasteiger partial charge in [0.25, 0.3) is 0 Å². The quantitative estimate of drug-likeness (QED) is 0.647. The molecule has 0 unspecified atom stereocenters. The summed E-state index contributed by atoms with van der Waals surface area (Å²) in [5, 5.41) is 9.87. The molecule has 0 atom stereocenters. The van der Waals surface area contributed by atoms with E-state index in [1.807, 2.05) is 59.5 Å². The Morgan fingerprint density at radius 1 is 0.862 bits per heavy atom. The minimum absolute atomic E-state index is 0.410. The molecule has 0 saturated carbocycles. The molecule has 3 heterocycles. The third kappa shape index (κ3) is 4.67. The van der Waals surface area contributed by atoms with E-state index in [4.69, 9.17) is 0 Å². The molecular formula is C21H21N5O2S. The van der Waals surface area contributed by atoms with Crippen LogP contribution in [-0.2, 0) is 10.0 Å². The maximum absolute atomic E-state index is 12.6. The molecular weight excluding hydrogens is 386 g/mol. The molecule has 0 amide bonds. The van der Waals surface area contributed by atoms with E-state index in [0.29, 0.717) is 26.2 Å². The molecule has 1 fully saturated rings. The highest BCUT2D eigenvalue weighted by molar-refractivity contribution is 7.92. The van der Waals surface area contributed by atoms with Crippen LogP contribution < -0.4 is 4.90 Å². The molecule has 0 aliphatic carbocycles. The van der Waals surface area contributed by atoms with E-state index in [0.717, 1.165) is 22.6 Å². The van der Waals surface area contributed by atoms with Gasteiger partial charge < -0.3 is 4.90 Å². The predicted molar refractivity (Wildman–Crippen MR) is 113 cm³/mol. The second-order valence-corrected chi connectivity index (χ2v) is 8.48. The third-order valence-electron chi connectivity index (χ3n) is 4.76. The molecule has 2 aromatic heterocycles. The van der Waals surface area contributed by atoms with Crippen LogP contribution in [0.25, 0.3) is 17.3 Å². The lowest BCUT2D eigenvalue weighted by atomic mass is 10.2. The van der Waals surface area contributed by atoms with Crippen molar-refractivity contribution in [3.05, 3.63) is 78.0 Å². The van der Waals surface area contributed by atoms with Crippen LogP contribution in [0.2, 0.25) is 0 Å². The molecule has 29 heavy (non-hydrogen) atoms. The van der Waals surface area contributed by atoms with E-state index in [1.54, 1.807) is 18.5 Å². The lowest BCUT2D eigenvalue weighted by molar-refractivity contribution is 0.388. The topological polar surface area (TPSA) is 79.3 Å². The van der Waals surface area contributed by atoms with Gasteiger partial charge in [0.05, 0.1) is 5.69 Å². The Morgan fingerprint density at radius 2 is 1.66 bits per heavy atom. The first-order valence-corrected chi connectivity index (χ1v) is 10.8. The van der Waals surface area contributed by atoms with Gasteiger partial charge >= 0.3 is 0 Å². The van der Waals surface area contributed by atoms with E-state index in [9.17, 15) is 8.42 Å². The summed E-state index contributed by atoms with van der Waals surface area (Å²) in [4.78, 5) is 6.14. The average molecular weight is 407 g/mol. The van der Waals surface area contributed by atoms with Gasteiger partial charge in [-0.05, 0) is 35.9 Å². The lowest BCUT2D eigenvalue weighted by Crippen LogP contribution is -2.48. The zero-order valence-corrected chi connectivity index (χ0v) is 16.6. The Hall–Kier alpha value is -3.10. The number of pyridine rings is 1. The molecule has 8 heteroatoms. The smallest absolute Gasteiger partial charge is 0.236 e. The van der Waals surface area contributed by atoms with Gasteiger partial charge in [-0.1, -0.05) is 30.3 Å². The first-order valence-electron chi connectivity index (χ1n) is 9.34. The minimum Gasteiger partial charge on any atom is -0.352 e. The summed E-state index contributed by atoms with van der Waals surface area (Å²) in [5.74, 6) is 0.745. The molecule has 3 aromatic rings. The fourth-order valence-electron chi connectivity index (χ4n) is 3.15. The Kier molecular flexibility index (Phi) is 5.64. The monoisotopic (exact) mass is 407 g/mol. The largest absolute Gasteiger partial charge is 0.352 e. The molecule has 0 N–H and O–H groups in total. The predicted octanol–water partition coefficient (Wildman–Crippen LogP) is 2.66. The maximum Gasteiger partial charge on any atom is 0.236 e. The fourth-order valence-corrected chi connectivity index (χ4v) is 4.32. The van der Waals surface area contributed by atoms with Crippen LogP contribution in [0.4, 0.5) is 5.82 Å². The SMILES string of the molecule is O=S(=O)(/C=C/c1ccccc1)N1CCN(c2ccc(-c3cccnc3)nn2)CC1. The summed E-state index contributed by atoms with van der Waals surface area (Å²) in [5.41, 5.74) is 2.53. The normalized spacial score (nSPS) is 15.7. The van der Waals surface area contributed by atoms with Crippen molar-refractivity contribution in [1.82, 2.24) is 19.5 Å². The molecule has 1 aliphatic rings. The number of benzene rings is 1. The summed E-state index contributed by atoms with van der Waals surface area (Å²) < 4.78 is 26.7. The van der Waals surface area contributed by atoms with E-state index in [2.05, 4.69) is 15.2 Å². The molecule has 1 aromatic carbocycles. The van der Waals surface area contributed by atoms with Crippen molar-refractivity contribution in [3.63, 3.8) is 0 Å². The lowest BCUT2D eigenvalue weighted by Gasteiger charge is -2.33. The fraction of sp³-hybridized carbons (Fsp3) is 0.190. The Morgan fingerprint density at radius 3 is 2.31 bits per heavy atom. The van der Waals surface area contributed by atoms with E-state index in [-0.39, 0.29) is 0 Å². The molecule has 0 spiro atoms. The third-order valence-corrected chi connectivity index (χ3v) is 6.33. The number of rotatable bonds is 5. The summed E-state index contributed by atoms with van der Waals surface area (Å²) in [7, 11) is -3.45. The molecule has 1 saturated heterocycles. The number of piperazine rings is 1. The van der Waals surface area contributed by atoms with Gasteiger partial charge in [0, 0.05) is 49.5 Å². The molecule has 148 valence electrons. The number of aromatic nitrogens is 3. The summed E-state index contributed by atoms with van der Waals surface area (Å²) >= 11 is 0. The summed E-state index contributed by atoms with van der Waals surface area (Å²) in [6.45, 7) is 1.96. The van der Waals surface area contributed by atoms with Crippen LogP contribution in [-0.4, -0.2) is 54.1 Å². The van der Waals surface area contributed by atoms with Crippen LogP contribution in [0, 0.1) is 0 Å². The van der Waals surface area contributed by atoms with Crippen molar-refractivity contribution in [3.8, 4) is 11.3 Å². The number of hydrogen-bond donors (Lipinski definition) is 0. The van der Waals surface area contributed by atoms with Crippen molar-refractivity contribution in [2.45, 2.75) is 0 Å². The standard InChI is InChI=1S/C21H21N5O2S/c27-29(28,16-10-18-5-2-1-3-6-18)26-14-12-25(13-15-26)21-9-8-20(23-24-21)19-7-4-11-22-17-19/h1-11,16-17H,12-15H2/b16-10+. The molecule has 1 aliphatic heterocycles. The highest BCUT2D eigenvalue weighted by Crippen LogP contribution is 2.19. The van der Waals surface area contributed by atoms with Crippen molar-refractivity contribution < 1.29 is 8.42 Å². The van der Waals surface area contributed by atoms with Crippen LogP contribution in [0.1, 0.15) is 5.56 Å². The van der Waals surface area contributed by atoms with Gasteiger partial charge in [-0.3, -0.25) is 4.98 Å². The number of sulfonamides is 1. The summed E-state index contributed by atoms with van der Waals surface area (Å²) in [6, 6.07) is 17.0. The number of anilines is 1. The summed E-state index contributed by atoms with van der Waals surface area (Å²) in [6.07, 6.45) is 5.09. The molecule has 0 radical (unpaired) electrons. The zero-order valence-electron chi connectivity index (χ0n) is 15.8. The first kappa shape index (κ1) is 19.2. The van der Waals surface area contributed by atoms with Crippen LogP contribution in [0.15, 0.2) is 72.4 Å². The second kappa shape index (κ2) is 8.50. The van der Waals surface area contributed by atoms with Gasteiger partial charge in [-0.2, -0.15) is 4.31 Å². The van der Waals surface area contributed by atoms with E-state index < -0.39 is 10.0 Å². The average Bonchev–Trinajstić information content (AvgIpc) is 2.79. The number of nitrogens with zero attached hydrogens (tertiary/aromatic N) is 5. The number of hydrogen-bond acceptors (Lipinski definition) is 6. The van der Waals surface area contributed by atoms with Crippen molar-refractivity contribution in [1.29, 1.82) is 0 Å². The van der Waals surface area contributed by atoms with Crippen LogP contribution >= 0.6 is 0 Å². The Labute approximate surface area is 170 Å². The molecule has 0 bridgehead atoms. The molecule has 4 rings (SSSR count). The van der Waals surface area contributed by atoms with E-state index in [1.165, 1.54) is 9.71 Å². The highest BCUT2D eigenvalue weighted by atomic mass is 32.2. The van der Waals surface area contributed by atoms with Crippen molar-refractivity contribution >= 4 is 21.9 Å². The van der Waals surface area contributed by atoms with Gasteiger partial charge in [0.15, 0.2) is 5.82 Å². The Bertz CT molecular complexity index is 1060. The van der Waals surface area contributed by atoms with E-state index >= 15 is 0 Å².